The summed E-state index contributed by atoms with van der Waals surface area (Å²) in [5, 5.41) is 9.25. The normalized spacial score (nSPS) is 17.6. The second kappa shape index (κ2) is 6.85. The Labute approximate surface area is 164 Å². The van der Waals surface area contributed by atoms with Crippen LogP contribution in [0.15, 0.2) is 12.1 Å². The van der Waals surface area contributed by atoms with Crippen molar-refractivity contribution in [3.8, 4) is 0 Å². The predicted molar refractivity (Wildman–Crippen MR) is 105 cm³/mol. The smallest absolute Gasteiger partial charge is 0.309 e. The summed E-state index contributed by atoms with van der Waals surface area (Å²) in [6.07, 6.45) is 1.01. The highest BCUT2D eigenvalue weighted by Crippen LogP contribution is 2.32. The van der Waals surface area contributed by atoms with Crippen molar-refractivity contribution in [3.05, 3.63) is 28.4 Å². The second-order valence-electron chi connectivity index (χ2n) is 5.41. The van der Waals surface area contributed by atoms with Gasteiger partial charge in [-0.15, -0.1) is 0 Å². The number of hydrogen-bond donors (Lipinski definition) is 1. The quantitative estimate of drug-likeness (QED) is 0.402. The summed E-state index contributed by atoms with van der Waals surface area (Å²) >= 11 is 6.64. The molecule has 0 bridgehead atoms. The Morgan fingerprint density at radius 1 is 1.19 bits per heavy atom. The predicted octanol–water partition coefficient (Wildman–Crippen LogP) is 3.83. The summed E-state index contributed by atoms with van der Waals surface area (Å²) in [6.45, 7) is 2.76. The van der Waals surface area contributed by atoms with Gasteiger partial charge < -0.3 is 10.0 Å². The van der Waals surface area contributed by atoms with Crippen LogP contribution in [-0.4, -0.2) is 35.0 Å². The molecule has 0 spiro atoms. The zero-order chi connectivity index (χ0) is 15.8. The Bertz CT molecular complexity index is 595. The van der Waals surface area contributed by atoms with E-state index in [0.717, 1.165) is 10.7 Å². The third-order valence-corrected chi connectivity index (χ3v) is 7.56. The Kier molecular flexibility index (Phi) is 5.77. The number of carbonyl (C=O) groups excluding carboxylic acids is 1. The van der Waals surface area contributed by atoms with E-state index in [9.17, 15) is 14.7 Å². The molecule has 1 aliphatic heterocycles. The number of halogens is 3. The molecular formula is C14H14I3NO3. The molecule has 1 aliphatic rings. The summed E-state index contributed by atoms with van der Waals surface area (Å²) < 4.78 is 3.06. The van der Waals surface area contributed by atoms with Gasteiger partial charge in [-0.1, -0.05) is 0 Å². The zero-order valence-corrected chi connectivity index (χ0v) is 17.8. The van der Waals surface area contributed by atoms with E-state index in [2.05, 4.69) is 67.8 Å². The van der Waals surface area contributed by atoms with Gasteiger partial charge in [0.15, 0.2) is 0 Å². The van der Waals surface area contributed by atoms with Gasteiger partial charge in [-0.2, -0.15) is 0 Å². The number of benzene rings is 1. The highest BCUT2D eigenvalue weighted by atomic mass is 127. The van der Waals surface area contributed by atoms with Crippen molar-refractivity contribution in [1.29, 1.82) is 0 Å². The second-order valence-corrected chi connectivity index (χ2v) is 8.89. The third-order valence-electron chi connectivity index (χ3n) is 3.89. The molecule has 0 unspecified atom stereocenters. The van der Waals surface area contributed by atoms with Crippen molar-refractivity contribution in [2.45, 2.75) is 19.8 Å². The Balaban J connectivity index is 2.18. The molecule has 1 saturated heterocycles. The molecule has 1 aromatic rings. The van der Waals surface area contributed by atoms with Gasteiger partial charge in [0.2, 0.25) is 0 Å². The van der Waals surface area contributed by atoms with E-state index < -0.39 is 11.4 Å². The number of carbonyl (C=O) groups is 2. The lowest BCUT2D eigenvalue weighted by atomic mass is 9.80. The maximum Gasteiger partial charge on any atom is 0.309 e. The molecule has 0 aliphatic carbocycles. The molecule has 1 fully saturated rings. The lowest BCUT2D eigenvalue weighted by Gasteiger charge is -2.36. The molecule has 0 atom stereocenters. The van der Waals surface area contributed by atoms with Crippen LogP contribution in [0, 0.1) is 16.1 Å². The highest BCUT2D eigenvalue weighted by Gasteiger charge is 2.38. The molecule has 1 aromatic carbocycles. The summed E-state index contributed by atoms with van der Waals surface area (Å²) in [7, 11) is 0. The lowest BCUT2D eigenvalue weighted by Crippen LogP contribution is -2.45. The van der Waals surface area contributed by atoms with E-state index >= 15 is 0 Å². The maximum atomic E-state index is 12.7. The van der Waals surface area contributed by atoms with Crippen LogP contribution in [0.5, 0.6) is 0 Å². The Morgan fingerprint density at radius 2 is 1.76 bits per heavy atom. The van der Waals surface area contributed by atoms with Gasteiger partial charge in [0.1, 0.15) is 0 Å². The average molecular weight is 625 g/mol. The first-order valence-electron chi connectivity index (χ1n) is 6.42. The highest BCUT2D eigenvalue weighted by molar-refractivity contribution is 14.1. The number of nitrogens with zero attached hydrogens (tertiary/aromatic N) is 1. The zero-order valence-electron chi connectivity index (χ0n) is 11.3. The van der Waals surface area contributed by atoms with Crippen LogP contribution in [0.2, 0.25) is 0 Å². The van der Waals surface area contributed by atoms with E-state index in [-0.39, 0.29) is 5.91 Å². The van der Waals surface area contributed by atoms with Crippen LogP contribution in [-0.2, 0) is 4.79 Å². The molecule has 0 aromatic heterocycles. The van der Waals surface area contributed by atoms with Crippen molar-refractivity contribution in [2.24, 2.45) is 5.41 Å². The van der Waals surface area contributed by atoms with E-state index in [0.29, 0.717) is 31.5 Å². The number of amides is 1. The van der Waals surface area contributed by atoms with Crippen LogP contribution in [0.1, 0.15) is 30.1 Å². The van der Waals surface area contributed by atoms with Crippen molar-refractivity contribution in [2.75, 3.05) is 13.1 Å². The number of likely N-dealkylation sites (tertiary alicyclic amines) is 1. The number of aliphatic carboxylic acids is 1. The molecule has 4 nitrogen and oxygen atoms in total. The minimum atomic E-state index is -0.770. The van der Waals surface area contributed by atoms with E-state index in [1.54, 1.807) is 11.8 Å². The van der Waals surface area contributed by atoms with Crippen LogP contribution in [0.3, 0.4) is 0 Å². The van der Waals surface area contributed by atoms with Crippen LogP contribution >= 0.6 is 67.8 Å². The van der Waals surface area contributed by atoms with Gasteiger partial charge in [-0.25, -0.2) is 0 Å². The largest absolute Gasteiger partial charge is 0.481 e. The summed E-state index contributed by atoms with van der Waals surface area (Å²) in [6, 6.07) is 3.94. The SMILES string of the molecule is CC1(C(=O)O)CCN(C(=O)c2cc(I)cc(I)c2I)CC1. The molecule has 7 heteroatoms. The molecule has 1 N–H and O–H groups in total. The molecule has 114 valence electrons. The van der Waals surface area contributed by atoms with Gasteiger partial charge in [0.05, 0.1) is 11.0 Å². The number of carboxylic acids is 1. The Hall–Kier alpha value is 0.350. The van der Waals surface area contributed by atoms with Crippen LogP contribution in [0.25, 0.3) is 0 Å². The lowest BCUT2D eigenvalue weighted by molar-refractivity contribution is -0.150. The first kappa shape index (κ1) is 17.7. The topological polar surface area (TPSA) is 57.6 Å². The molecule has 1 amide bonds. The summed E-state index contributed by atoms with van der Waals surface area (Å²) in [4.78, 5) is 25.7. The maximum absolute atomic E-state index is 12.7. The number of rotatable bonds is 2. The molecule has 0 radical (unpaired) electrons. The van der Waals surface area contributed by atoms with Gasteiger partial charge in [0, 0.05) is 23.8 Å². The molecule has 21 heavy (non-hydrogen) atoms. The fourth-order valence-electron chi connectivity index (χ4n) is 2.30. The van der Waals surface area contributed by atoms with E-state index in [1.807, 2.05) is 12.1 Å². The summed E-state index contributed by atoms with van der Waals surface area (Å²) in [5.41, 5.74) is 0.00884. The summed E-state index contributed by atoms with van der Waals surface area (Å²) in [5.74, 6) is -0.767. The minimum Gasteiger partial charge on any atom is -0.481 e. The third kappa shape index (κ3) is 3.82. The van der Waals surface area contributed by atoms with E-state index in [4.69, 9.17) is 0 Å². The van der Waals surface area contributed by atoms with Crippen molar-refractivity contribution < 1.29 is 14.7 Å². The van der Waals surface area contributed by atoms with Crippen molar-refractivity contribution >= 4 is 79.6 Å². The number of piperidine rings is 1. The first-order chi connectivity index (χ1) is 9.74. The molecule has 0 saturated carbocycles. The average Bonchev–Trinajstić information content (AvgIpc) is 2.42. The fourth-order valence-corrected chi connectivity index (χ4v) is 4.69. The van der Waals surface area contributed by atoms with E-state index in [1.165, 1.54) is 0 Å². The molecular weight excluding hydrogens is 611 g/mol. The minimum absolute atomic E-state index is 0.00303. The number of hydrogen-bond acceptors (Lipinski definition) is 2. The standard InChI is InChI=1S/C14H14I3NO3/c1-14(13(20)21)2-4-18(5-3-14)12(19)9-6-8(15)7-10(16)11(9)17/h6-7H,2-5H2,1H3,(H,20,21). The molecule has 1 heterocycles. The van der Waals surface area contributed by atoms with Gasteiger partial charge in [-0.3, -0.25) is 9.59 Å². The van der Waals surface area contributed by atoms with Crippen LogP contribution < -0.4 is 0 Å². The first-order valence-corrected chi connectivity index (χ1v) is 9.65. The monoisotopic (exact) mass is 625 g/mol. The van der Waals surface area contributed by atoms with Crippen molar-refractivity contribution in [3.63, 3.8) is 0 Å². The van der Waals surface area contributed by atoms with Crippen LogP contribution in [0.4, 0.5) is 0 Å². The van der Waals surface area contributed by atoms with Crippen molar-refractivity contribution in [1.82, 2.24) is 4.90 Å². The molecule has 2 rings (SSSR count). The van der Waals surface area contributed by atoms with Gasteiger partial charge in [0.25, 0.3) is 5.91 Å². The van der Waals surface area contributed by atoms with Gasteiger partial charge >= 0.3 is 5.97 Å². The Morgan fingerprint density at radius 3 is 2.29 bits per heavy atom. The van der Waals surface area contributed by atoms with Gasteiger partial charge in [-0.05, 0) is 99.7 Å². The fraction of sp³-hybridized carbons (Fsp3) is 0.429. The number of carboxylic acid groups (broad SMARTS) is 1.